The Labute approximate surface area is 581 Å². The van der Waals surface area contributed by atoms with Gasteiger partial charge in [-0.25, -0.2) is 0 Å². The standard InChI is InChI=1S/C77H143NO18/c1-3-5-7-9-11-13-15-17-19-21-23-24-25-26-27-28-29-30-31-32-33-34-35-37-38-40-42-44-46-48-50-52-54-61(82)60(78-65(83)55-53-51-49-47-45-43-41-39-36-22-20-18-16-14-12-10-8-6-4-2)59-91-75-71(89)68(86)73(63(57-80)93-75)96-77-72(90)69(87)74(64(58-81)94-77)95-76-70(88)67(85)66(84)62(56-79)92-76/h18,20,44,46,52,54,60-64,66-77,79-82,84-90H,3-17,19,21-43,45,47-51,53,55-59H2,1-2H3,(H,78,83)/b20-18-,46-44+,54-52+. The summed E-state index contributed by atoms with van der Waals surface area (Å²) in [6, 6.07) is -0.992. The average Bonchev–Trinajstić information content (AvgIpc) is 0.798. The molecule has 3 heterocycles. The highest BCUT2D eigenvalue weighted by atomic mass is 16.8. The zero-order chi connectivity index (χ0) is 69.6. The molecule has 3 fully saturated rings. The van der Waals surface area contributed by atoms with E-state index in [1.165, 1.54) is 231 Å². The normalized spacial score (nSPS) is 27.2. The number of aliphatic hydroxyl groups excluding tert-OH is 11. The summed E-state index contributed by atoms with van der Waals surface area (Å²) < 4.78 is 34.4. The van der Waals surface area contributed by atoms with Gasteiger partial charge < -0.3 is 89.9 Å². The first-order chi connectivity index (χ1) is 46.8. The van der Waals surface area contributed by atoms with Gasteiger partial charge in [0.25, 0.3) is 0 Å². The third-order valence-electron chi connectivity index (χ3n) is 19.7. The molecule has 3 aliphatic rings. The maximum Gasteiger partial charge on any atom is 0.220 e. The van der Waals surface area contributed by atoms with Crippen molar-refractivity contribution in [2.75, 3.05) is 26.4 Å². The van der Waals surface area contributed by atoms with Gasteiger partial charge in [-0.2, -0.15) is 0 Å². The van der Waals surface area contributed by atoms with Gasteiger partial charge in [0.2, 0.25) is 5.91 Å². The molecule has 3 rings (SSSR count). The predicted octanol–water partition coefficient (Wildman–Crippen LogP) is 12.3. The van der Waals surface area contributed by atoms with Crippen molar-refractivity contribution in [1.29, 1.82) is 0 Å². The van der Waals surface area contributed by atoms with Gasteiger partial charge in [-0.3, -0.25) is 4.79 Å². The number of aliphatic hydroxyl groups is 11. The van der Waals surface area contributed by atoms with Gasteiger partial charge in [-0.05, 0) is 57.8 Å². The molecule has 0 aliphatic carbocycles. The Morgan fingerprint density at radius 2 is 0.667 bits per heavy atom. The Balaban J connectivity index is 1.38. The molecule has 0 aromatic rings. The van der Waals surface area contributed by atoms with E-state index < -0.39 is 124 Å². The SMILES string of the molecule is CCCCCCCC/C=C\CCCCCCCCCCCC(=O)NC(COC1OC(CO)C(OC2OC(CO)C(OC3OC(CO)C(O)C(O)C3O)C(O)C2O)C(O)C1O)C(O)/C=C/CC/C=C/CCCCCCCCCCCCCCCCCCCCCCCCCCCC. The highest BCUT2D eigenvalue weighted by Crippen LogP contribution is 2.33. The van der Waals surface area contributed by atoms with E-state index >= 15 is 0 Å². The van der Waals surface area contributed by atoms with Crippen LogP contribution in [0.3, 0.4) is 0 Å². The second-order valence-corrected chi connectivity index (χ2v) is 28.2. The molecule has 0 aromatic heterocycles. The zero-order valence-corrected chi connectivity index (χ0v) is 60.1. The van der Waals surface area contributed by atoms with Crippen LogP contribution in [0.15, 0.2) is 36.5 Å². The molecular formula is C77H143NO18. The summed E-state index contributed by atoms with van der Waals surface area (Å²) in [5.41, 5.74) is 0. The zero-order valence-electron chi connectivity index (χ0n) is 60.1. The van der Waals surface area contributed by atoms with E-state index in [2.05, 4.69) is 43.5 Å². The average molecular weight is 1370 g/mol. The topological polar surface area (TPSA) is 307 Å². The van der Waals surface area contributed by atoms with Crippen LogP contribution in [-0.2, 0) is 33.2 Å². The first kappa shape index (κ1) is 88.2. The van der Waals surface area contributed by atoms with Crippen molar-refractivity contribution in [3.05, 3.63) is 36.5 Å². The number of nitrogens with one attached hydrogen (secondary N) is 1. The predicted molar refractivity (Wildman–Crippen MR) is 379 cm³/mol. The Bertz CT molecular complexity index is 1880. The van der Waals surface area contributed by atoms with Gasteiger partial charge in [0.1, 0.15) is 73.2 Å². The quantitative estimate of drug-likeness (QED) is 0.0199. The fourth-order valence-corrected chi connectivity index (χ4v) is 13.3. The summed E-state index contributed by atoms with van der Waals surface area (Å²) in [5, 5.41) is 121. The van der Waals surface area contributed by atoms with Gasteiger partial charge >= 0.3 is 0 Å². The summed E-state index contributed by atoms with van der Waals surface area (Å²) in [7, 11) is 0. The van der Waals surface area contributed by atoms with Crippen LogP contribution in [0.5, 0.6) is 0 Å². The molecule has 0 spiro atoms. The molecule has 0 saturated carbocycles. The van der Waals surface area contributed by atoms with E-state index in [1.807, 2.05) is 6.08 Å². The molecule has 3 aliphatic heterocycles. The molecule has 0 aromatic carbocycles. The minimum Gasteiger partial charge on any atom is -0.394 e. The highest BCUT2D eigenvalue weighted by Gasteiger charge is 2.53. The Hall–Kier alpha value is -1.99. The summed E-state index contributed by atoms with van der Waals surface area (Å²) >= 11 is 0. The number of amides is 1. The number of hydrogen-bond donors (Lipinski definition) is 12. The number of carbonyl (C=O) groups excluding carboxylic acids is 1. The minimum atomic E-state index is -1.98. The van der Waals surface area contributed by atoms with Crippen molar-refractivity contribution < 1.29 is 89.4 Å². The first-order valence-electron chi connectivity index (χ1n) is 39.2. The number of hydrogen-bond acceptors (Lipinski definition) is 18. The van der Waals surface area contributed by atoms with Crippen molar-refractivity contribution in [1.82, 2.24) is 5.32 Å². The van der Waals surface area contributed by atoms with Crippen molar-refractivity contribution in [3.63, 3.8) is 0 Å². The van der Waals surface area contributed by atoms with Gasteiger partial charge in [0.15, 0.2) is 18.9 Å². The fraction of sp³-hybridized carbons (Fsp3) is 0.909. The molecule has 564 valence electrons. The number of allylic oxidation sites excluding steroid dienone is 5. The van der Waals surface area contributed by atoms with Crippen molar-refractivity contribution >= 4 is 5.91 Å². The molecular weight excluding hydrogens is 1230 g/mol. The Morgan fingerprint density at radius 3 is 1.04 bits per heavy atom. The highest BCUT2D eigenvalue weighted by molar-refractivity contribution is 5.76. The van der Waals surface area contributed by atoms with Crippen LogP contribution in [0, 0.1) is 0 Å². The Kier molecular flexibility index (Phi) is 53.8. The molecule has 19 heteroatoms. The number of carbonyl (C=O) groups is 1. The number of rotatable bonds is 62. The summed E-state index contributed by atoms with van der Waals surface area (Å²) in [6.45, 7) is 1.75. The van der Waals surface area contributed by atoms with Crippen LogP contribution in [0.4, 0.5) is 0 Å². The lowest BCUT2D eigenvalue weighted by Crippen LogP contribution is -2.66. The number of unbranched alkanes of at least 4 members (excludes halogenated alkanes) is 42. The summed E-state index contributed by atoms with van der Waals surface area (Å²) in [5.74, 6) is -0.284. The van der Waals surface area contributed by atoms with E-state index in [0.29, 0.717) is 12.8 Å². The largest absolute Gasteiger partial charge is 0.394 e. The van der Waals surface area contributed by atoms with Crippen molar-refractivity contribution in [2.45, 2.75) is 420 Å². The third kappa shape index (κ3) is 38.9. The van der Waals surface area contributed by atoms with Crippen LogP contribution < -0.4 is 5.32 Å². The van der Waals surface area contributed by atoms with Crippen molar-refractivity contribution in [2.24, 2.45) is 0 Å². The lowest BCUT2D eigenvalue weighted by molar-refractivity contribution is -0.379. The second kappa shape index (κ2) is 58.5. The molecule has 0 radical (unpaired) electrons. The molecule has 17 unspecified atom stereocenters. The second-order valence-electron chi connectivity index (χ2n) is 28.2. The monoisotopic (exact) mass is 1370 g/mol. The molecule has 17 atom stereocenters. The van der Waals surface area contributed by atoms with Crippen LogP contribution in [0.25, 0.3) is 0 Å². The minimum absolute atomic E-state index is 0.234. The molecule has 96 heavy (non-hydrogen) atoms. The molecule has 3 saturated heterocycles. The lowest BCUT2D eigenvalue weighted by atomic mass is 9.96. The van der Waals surface area contributed by atoms with E-state index in [4.69, 9.17) is 28.4 Å². The van der Waals surface area contributed by atoms with Crippen LogP contribution in [0.1, 0.15) is 316 Å². The first-order valence-corrected chi connectivity index (χ1v) is 39.2. The fourth-order valence-electron chi connectivity index (χ4n) is 13.3. The van der Waals surface area contributed by atoms with Crippen LogP contribution >= 0.6 is 0 Å². The van der Waals surface area contributed by atoms with Gasteiger partial charge in [0.05, 0.1) is 38.6 Å². The van der Waals surface area contributed by atoms with Gasteiger partial charge in [0, 0.05) is 6.42 Å². The maximum absolute atomic E-state index is 13.4. The van der Waals surface area contributed by atoms with E-state index in [9.17, 15) is 61.0 Å². The molecule has 0 bridgehead atoms. The van der Waals surface area contributed by atoms with E-state index in [1.54, 1.807) is 6.08 Å². The molecule has 19 nitrogen and oxygen atoms in total. The number of ether oxygens (including phenoxy) is 6. The smallest absolute Gasteiger partial charge is 0.220 e. The van der Waals surface area contributed by atoms with E-state index in [-0.39, 0.29) is 18.9 Å². The molecule has 12 N–H and O–H groups in total. The maximum atomic E-state index is 13.4. The van der Waals surface area contributed by atoms with Crippen LogP contribution in [0.2, 0.25) is 0 Å². The third-order valence-corrected chi connectivity index (χ3v) is 19.7. The Morgan fingerprint density at radius 1 is 0.365 bits per heavy atom. The summed E-state index contributed by atoms with van der Waals surface area (Å²) in [4.78, 5) is 13.4. The summed E-state index contributed by atoms with van der Waals surface area (Å²) in [6.07, 6.45) is 44.3. The van der Waals surface area contributed by atoms with Crippen molar-refractivity contribution in [3.8, 4) is 0 Å². The van der Waals surface area contributed by atoms with Crippen LogP contribution in [-0.4, -0.2) is 193 Å². The van der Waals surface area contributed by atoms with Gasteiger partial charge in [-0.15, -0.1) is 0 Å². The lowest BCUT2D eigenvalue weighted by Gasteiger charge is -2.48. The van der Waals surface area contributed by atoms with E-state index in [0.717, 1.165) is 51.4 Å². The van der Waals surface area contributed by atoms with Gasteiger partial charge in [-0.1, -0.05) is 288 Å². The molecule has 1 amide bonds.